The van der Waals surface area contributed by atoms with Crippen LogP contribution in [0.5, 0.6) is 11.5 Å². The van der Waals surface area contributed by atoms with Crippen LogP contribution in [0, 0.1) is 0 Å². The molecule has 0 spiro atoms. The Balaban J connectivity index is 3.25. The molecule has 0 atom stereocenters. The van der Waals surface area contributed by atoms with Gasteiger partial charge in [0.05, 0.1) is 31.9 Å². The second-order valence-electron chi connectivity index (χ2n) is 3.17. The summed E-state index contributed by atoms with van der Waals surface area (Å²) in [6, 6.07) is 2.96. The molecule has 7 heteroatoms. The van der Waals surface area contributed by atoms with E-state index in [-0.39, 0.29) is 5.69 Å². The highest BCUT2D eigenvalue weighted by Crippen LogP contribution is 2.34. The van der Waals surface area contributed by atoms with Gasteiger partial charge in [-0.15, -0.1) is 0 Å². The molecular formula is C9H14N2O4S. The number of ether oxygens (including phenoxy) is 2. The molecule has 0 bridgehead atoms. The Morgan fingerprint density at radius 2 is 1.75 bits per heavy atom. The Morgan fingerprint density at radius 3 is 2.19 bits per heavy atom. The van der Waals surface area contributed by atoms with Crippen LogP contribution in [-0.2, 0) is 10.0 Å². The molecule has 1 aromatic carbocycles. The summed E-state index contributed by atoms with van der Waals surface area (Å²) in [5.74, 6) is 0.718. The van der Waals surface area contributed by atoms with Gasteiger partial charge in [-0.1, -0.05) is 0 Å². The molecule has 0 saturated heterocycles. The van der Waals surface area contributed by atoms with Gasteiger partial charge < -0.3 is 15.2 Å². The molecule has 0 saturated carbocycles. The molecule has 90 valence electrons. The summed E-state index contributed by atoms with van der Waals surface area (Å²) in [6.45, 7) is 0. The van der Waals surface area contributed by atoms with E-state index in [2.05, 4.69) is 4.72 Å². The fourth-order valence-electron chi connectivity index (χ4n) is 1.20. The Morgan fingerprint density at radius 1 is 1.19 bits per heavy atom. The van der Waals surface area contributed by atoms with Crippen LogP contribution in [-0.4, -0.2) is 28.9 Å². The second-order valence-corrected chi connectivity index (χ2v) is 4.92. The van der Waals surface area contributed by atoms with Crippen molar-refractivity contribution in [3.8, 4) is 11.5 Å². The fraction of sp³-hybridized carbons (Fsp3) is 0.333. The molecule has 0 aliphatic carbocycles. The van der Waals surface area contributed by atoms with E-state index in [1.54, 1.807) is 0 Å². The molecular weight excluding hydrogens is 232 g/mol. The van der Waals surface area contributed by atoms with E-state index in [9.17, 15) is 8.42 Å². The second kappa shape index (κ2) is 4.48. The first-order valence-electron chi connectivity index (χ1n) is 4.36. The van der Waals surface area contributed by atoms with Crippen LogP contribution >= 0.6 is 0 Å². The number of nitrogens with two attached hydrogens (primary N) is 1. The van der Waals surface area contributed by atoms with Gasteiger partial charge in [-0.2, -0.15) is 0 Å². The summed E-state index contributed by atoms with van der Waals surface area (Å²) < 4.78 is 34.5. The smallest absolute Gasteiger partial charge is 0.229 e. The largest absolute Gasteiger partial charge is 0.495 e. The monoisotopic (exact) mass is 246 g/mol. The lowest BCUT2D eigenvalue weighted by atomic mass is 10.2. The normalized spacial score (nSPS) is 10.9. The molecule has 6 nitrogen and oxygen atoms in total. The highest BCUT2D eigenvalue weighted by molar-refractivity contribution is 7.92. The summed E-state index contributed by atoms with van der Waals surface area (Å²) in [7, 11) is -0.502. The van der Waals surface area contributed by atoms with Crippen LogP contribution in [0.1, 0.15) is 0 Å². The van der Waals surface area contributed by atoms with Crippen molar-refractivity contribution in [2.75, 3.05) is 30.9 Å². The molecule has 0 amide bonds. The Bertz CT molecular complexity index is 485. The fourth-order valence-corrected chi connectivity index (χ4v) is 1.76. The van der Waals surface area contributed by atoms with E-state index in [0.717, 1.165) is 6.26 Å². The molecule has 0 aromatic heterocycles. The molecule has 0 unspecified atom stereocenters. The van der Waals surface area contributed by atoms with Crippen molar-refractivity contribution in [2.24, 2.45) is 0 Å². The maximum Gasteiger partial charge on any atom is 0.229 e. The number of hydrogen-bond donors (Lipinski definition) is 2. The topological polar surface area (TPSA) is 90.6 Å². The van der Waals surface area contributed by atoms with E-state index in [1.807, 2.05) is 0 Å². The number of hydrogen-bond acceptors (Lipinski definition) is 5. The lowest BCUT2D eigenvalue weighted by Crippen LogP contribution is -2.11. The molecule has 0 radical (unpaired) electrons. The highest BCUT2D eigenvalue weighted by atomic mass is 32.2. The summed E-state index contributed by atoms with van der Waals surface area (Å²) >= 11 is 0. The predicted molar refractivity (Wildman–Crippen MR) is 62.4 cm³/mol. The number of methoxy groups -OCH3 is 2. The molecule has 1 rings (SSSR count). The van der Waals surface area contributed by atoms with Gasteiger partial charge in [0.2, 0.25) is 10.0 Å². The minimum Gasteiger partial charge on any atom is -0.495 e. The lowest BCUT2D eigenvalue weighted by molar-refractivity contribution is 0.406. The number of benzene rings is 1. The third-order valence-electron chi connectivity index (χ3n) is 1.85. The summed E-state index contributed by atoms with van der Waals surface area (Å²) in [5.41, 5.74) is 6.32. The Hall–Kier alpha value is -1.63. The van der Waals surface area contributed by atoms with Gasteiger partial charge in [0.15, 0.2) is 0 Å². The maximum absolute atomic E-state index is 11.1. The number of anilines is 2. The van der Waals surface area contributed by atoms with Crippen molar-refractivity contribution in [1.29, 1.82) is 0 Å². The average molecular weight is 246 g/mol. The summed E-state index contributed by atoms with van der Waals surface area (Å²) in [4.78, 5) is 0. The van der Waals surface area contributed by atoms with Gasteiger partial charge in [0.1, 0.15) is 11.5 Å². The van der Waals surface area contributed by atoms with Crippen molar-refractivity contribution in [3.63, 3.8) is 0 Å². The van der Waals surface area contributed by atoms with Crippen LogP contribution in [0.15, 0.2) is 12.1 Å². The zero-order valence-electron chi connectivity index (χ0n) is 9.27. The number of nitrogen functional groups attached to an aromatic ring is 1. The third kappa shape index (κ3) is 2.93. The molecule has 0 heterocycles. The summed E-state index contributed by atoms with van der Waals surface area (Å²) in [5, 5.41) is 0. The minimum atomic E-state index is -3.37. The molecule has 16 heavy (non-hydrogen) atoms. The summed E-state index contributed by atoms with van der Waals surface area (Å²) in [6.07, 6.45) is 1.05. The van der Waals surface area contributed by atoms with Crippen molar-refractivity contribution < 1.29 is 17.9 Å². The van der Waals surface area contributed by atoms with Gasteiger partial charge in [0.25, 0.3) is 0 Å². The van der Waals surface area contributed by atoms with Gasteiger partial charge in [-0.25, -0.2) is 8.42 Å². The standard InChI is InChI=1S/C9H14N2O4S/c1-14-8-5-7(11-16(3,12)13)9(15-2)4-6(8)10/h4-5,11H,10H2,1-3H3. The molecule has 3 N–H and O–H groups in total. The zero-order valence-corrected chi connectivity index (χ0v) is 10.1. The van der Waals surface area contributed by atoms with E-state index in [0.29, 0.717) is 17.2 Å². The van der Waals surface area contributed by atoms with E-state index >= 15 is 0 Å². The van der Waals surface area contributed by atoms with E-state index in [1.165, 1.54) is 26.4 Å². The van der Waals surface area contributed by atoms with Crippen LogP contribution in [0.25, 0.3) is 0 Å². The van der Waals surface area contributed by atoms with Gasteiger partial charge in [0, 0.05) is 12.1 Å². The minimum absolute atomic E-state index is 0.288. The van der Waals surface area contributed by atoms with Crippen molar-refractivity contribution >= 4 is 21.4 Å². The first-order chi connectivity index (χ1) is 7.37. The number of nitrogens with one attached hydrogen (secondary N) is 1. The van der Waals surface area contributed by atoms with Crippen LogP contribution < -0.4 is 19.9 Å². The van der Waals surface area contributed by atoms with E-state index < -0.39 is 10.0 Å². The first kappa shape index (κ1) is 12.4. The Labute approximate surface area is 94.4 Å². The average Bonchev–Trinajstić information content (AvgIpc) is 2.18. The molecule has 1 aromatic rings. The third-order valence-corrected chi connectivity index (χ3v) is 2.44. The van der Waals surface area contributed by atoms with Gasteiger partial charge >= 0.3 is 0 Å². The van der Waals surface area contributed by atoms with Crippen molar-refractivity contribution in [3.05, 3.63) is 12.1 Å². The number of rotatable bonds is 4. The molecule has 0 fully saturated rings. The van der Waals surface area contributed by atoms with Crippen molar-refractivity contribution in [1.82, 2.24) is 0 Å². The first-order valence-corrected chi connectivity index (χ1v) is 6.26. The van der Waals surface area contributed by atoms with Crippen LogP contribution in [0.3, 0.4) is 0 Å². The molecule has 0 aliphatic heterocycles. The van der Waals surface area contributed by atoms with E-state index in [4.69, 9.17) is 15.2 Å². The Kier molecular flexibility index (Phi) is 3.48. The van der Waals surface area contributed by atoms with Crippen LogP contribution in [0.2, 0.25) is 0 Å². The highest BCUT2D eigenvalue weighted by Gasteiger charge is 2.12. The maximum atomic E-state index is 11.1. The number of sulfonamides is 1. The van der Waals surface area contributed by atoms with Crippen molar-refractivity contribution in [2.45, 2.75) is 0 Å². The lowest BCUT2D eigenvalue weighted by Gasteiger charge is -2.13. The quantitative estimate of drug-likeness (QED) is 0.761. The predicted octanol–water partition coefficient (Wildman–Crippen LogP) is 0.658. The molecule has 0 aliphatic rings. The zero-order chi connectivity index (χ0) is 12.3. The van der Waals surface area contributed by atoms with Crippen LogP contribution in [0.4, 0.5) is 11.4 Å². The van der Waals surface area contributed by atoms with Gasteiger partial charge in [-0.3, -0.25) is 4.72 Å². The van der Waals surface area contributed by atoms with Gasteiger partial charge in [-0.05, 0) is 0 Å². The SMILES string of the molecule is COc1cc(NS(C)(=O)=O)c(OC)cc1N.